The molecule has 0 saturated heterocycles. The summed E-state index contributed by atoms with van der Waals surface area (Å²) in [6.45, 7) is 0.366. The van der Waals surface area contributed by atoms with Crippen LogP contribution < -0.4 is 4.74 Å². The molecule has 0 unspecified atom stereocenters. The Balaban J connectivity index is 2.08. The van der Waals surface area contributed by atoms with Gasteiger partial charge < -0.3 is 4.74 Å². The van der Waals surface area contributed by atoms with Gasteiger partial charge in [-0.25, -0.2) is 4.98 Å². The SMILES string of the molecule is Cn1ncnc1COc1ccccc1C#CCCCl. The van der Waals surface area contributed by atoms with Gasteiger partial charge in [0.25, 0.3) is 0 Å². The molecule has 0 aliphatic heterocycles. The van der Waals surface area contributed by atoms with E-state index < -0.39 is 0 Å². The van der Waals surface area contributed by atoms with Crippen LogP contribution in [0.5, 0.6) is 5.75 Å². The normalized spacial score (nSPS) is 9.79. The van der Waals surface area contributed by atoms with E-state index in [1.165, 1.54) is 6.33 Å². The largest absolute Gasteiger partial charge is 0.484 e. The quantitative estimate of drug-likeness (QED) is 0.635. The number of ether oxygens (including phenoxy) is 1. The molecule has 0 amide bonds. The highest BCUT2D eigenvalue weighted by atomic mass is 35.5. The maximum atomic E-state index is 5.73. The van der Waals surface area contributed by atoms with Crippen LogP contribution in [0.1, 0.15) is 17.8 Å². The fourth-order valence-electron chi connectivity index (χ4n) is 1.49. The third-order valence-corrected chi connectivity index (χ3v) is 2.68. The van der Waals surface area contributed by atoms with Crippen molar-refractivity contribution in [3.63, 3.8) is 0 Å². The molecule has 19 heavy (non-hydrogen) atoms. The molecule has 0 bridgehead atoms. The zero-order valence-electron chi connectivity index (χ0n) is 10.6. The third kappa shape index (κ3) is 3.73. The van der Waals surface area contributed by atoms with E-state index in [0.29, 0.717) is 18.9 Å². The molecule has 5 heteroatoms. The Bertz CT molecular complexity index is 598. The molecule has 1 heterocycles. The summed E-state index contributed by atoms with van der Waals surface area (Å²) < 4.78 is 7.42. The first-order valence-corrected chi connectivity index (χ1v) is 6.44. The topological polar surface area (TPSA) is 39.9 Å². The summed E-state index contributed by atoms with van der Waals surface area (Å²) in [6, 6.07) is 7.66. The molecule has 98 valence electrons. The summed E-state index contributed by atoms with van der Waals surface area (Å²) in [5.41, 5.74) is 0.856. The van der Waals surface area contributed by atoms with Crippen LogP contribution >= 0.6 is 11.6 Å². The number of hydrogen-bond acceptors (Lipinski definition) is 3. The lowest BCUT2D eigenvalue weighted by Gasteiger charge is -2.07. The molecule has 4 nitrogen and oxygen atoms in total. The van der Waals surface area contributed by atoms with E-state index in [9.17, 15) is 0 Å². The molecule has 0 aliphatic rings. The first-order chi connectivity index (χ1) is 9.31. The van der Waals surface area contributed by atoms with Gasteiger partial charge in [0.1, 0.15) is 18.7 Å². The van der Waals surface area contributed by atoms with E-state index >= 15 is 0 Å². The van der Waals surface area contributed by atoms with Gasteiger partial charge in [0.15, 0.2) is 5.82 Å². The summed E-state index contributed by atoms with van der Waals surface area (Å²) in [6.07, 6.45) is 2.17. The zero-order valence-corrected chi connectivity index (χ0v) is 11.4. The van der Waals surface area contributed by atoms with E-state index in [1.54, 1.807) is 4.68 Å². The van der Waals surface area contributed by atoms with Crippen molar-refractivity contribution in [3.05, 3.63) is 42.0 Å². The molecule has 0 atom stereocenters. The molecular formula is C14H14ClN3O. The number of aromatic nitrogens is 3. The zero-order chi connectivity index (χ0) is 13.5. The van der Waals surface area contributed by atoms with Gasteiger partial charge >= 0.3 is 0 Å². The van der Waals surface area contributed by atoms with Crippen molar-refractivity contribution >= 4 is 11.6 Å². The van der Waals surface area contributed by atoms with Crippen LogP contribution in [0.25, 0.3) is 0 Å². The minimum atomic E-state index is 0.366. The van der Waals surface area contributed by atoms with Gasteiger partial charge in [-0.2, -0.15) is 5.10 Å². The smallest absolute Gasteiger partial charge is 0.164 e. The third-order valence-electron chi connectivity index (χ3n) is 2.49. The fourth-order valence-corrected chi connectivity index (χ4v) is 1.59. The lowest BCUT2D eigenvalue weighted by atomic mass is 10.2. The highest BCUT2D eigenvalue weighted by molar-refractivity contribution is 6.18. The number of halogens is 1. The summed E-state index contributed by atoms with van der Waals surface area (Å²) in [7, 11) is 1.83. The molecule has 2 rings (SSSR count). The lowest BCUT2D eigenvalue weighted by Crippen LogP contribution is -2.05. The Kier molecular flexibility index (Phi) is 4.82. The van der Waals surface area contributed by atoms with Crippen LogP contribution in [0.15, 0.2) is 30.6 Å². The van der Waals surface area contributed by atoms with Crippen molar-refractivity contribution in [1.29, 1.82) is 0 Å². The first kappa shape index (κ1) is 13.4. The van der Waals surface area contributed by atoms with Crippen molar-refractivity contribution in [2.75, 3.05) is 5.88 Å². The average Bonchev–Trinajstić information content (AvgIpc) is 2.83. The van der Waals surface area contributed by atoms with Gasteiger partial charge in [-0.15, -0.1) is 11.6 Å². The van der Waals surface area contributed by atoms with E-state index in [2.05, 4.69) is 21.9 Å². The van der Waals surface area contributed by atoms with Gasteiger partial charge in [-0.1, -0.05) is 24.0 Å². The van der Waals surface area contributed by atoms with Crippen LogP contribution in [0.2, 0.25) is 0 Å². The minimum absolute atomic E-state index is 0.366. The lowest BCUT2D eigenvalue weighted by molar-refractivity contribution is 0.289. The maximum Gasteiger partial charge on any atom is 0.164 e. The van der Waals surface area contributed by atoms with Crippen molar-refractivity contribution in [1.82, 2.24) is 14.8 Å². The molecule has 0 radical (unpaired) electrons. The predicted octanol–water partition coefficient (Wildman–Crippen LogP) is 2.37. The van der Waals surface area contributed by atoms with Crippen LogP contribution in [-0.2, 0) is 13.7 Å². The maximum absolute atomic E-state index is 5.73. The number of nitrogens with zero attached hydrogens (tertiary/aromatic N) is 3. The van der Waals surface area contributed by atoms with E-state index in [0.717, 1.165) is 17.1 Å². The molecule has 1 aromatic heterocycles. The molecule has 0 aliphatic carbocycles. The van der Waals surface area contributed by atoms with Gasteiger partial charge in [0.2, 0.25) is 0 Å². The van der Waals surface area contributed by atoms with Crippen LogP contribution in [-0.4, -0.2) is 20.6 Å². The molecular weight excluding hydrogens is 262 g/mol. The number of alkyl halides is 1. The van der Waals surface area contributed by atoms with Crippen LogP contribution in [0.3, 0.4) is 0 Å². The van der Waals surface area contributed by atoms with Crippen LogP contribution in [0.4, 0.5) is 0 Å². The molecule has 1 aromatic carbocycles. The Hall–Kier alpha value is -1.99. The Morgan fingerprint density at radius 3 is 2.95 bits per heavy atom. The summed E-state index contributed by atoms with van der Waals surface area (Å²) in [5, 5.41) is 3.99. The number of benzene rings is 1. The summed E-state index contributed by atoms with van der Waals surface area (Å²) in [5.74, 6) is 8.10. The van der Waals surface area contributed by atoms with Crippen molar-refractivity contribution in [3.8, 4) is 17.6 Å². The van der Waals surface area contributed by atoms with Crippen LogP contribution in [0, 0.1) is 11.8 Å². The predicted molar refractivity (Wildman–Crippen MR) is 74.0 cm³/mol. The highest BCUT2D eigenvalue weighted by Gasteiger charge is 2.04. The van der Waals surface area contributed by atoms with Crippen molar-refractivity contribution in [2.45, 2.75) is 13.0 Å². The Labute approximate surface area is 117 Å². The van der Waals surface area contributed by atoms with Crippen molar-refractivity contribution in [2.24, 2.45) is 7.05 Å². The fraction of sp³-hybridized carbons (Fsp3) is 0.286. The molecule has 0 spiro atoms. The molecule has 0 N–H and O–H groups in total. The average molecular weight is 276 g/mol. The second-order valence-electron chi connectivity index (χ2n) is 3.83. The Morgan fingerprint density at radius 2 is 2.21 bits per heavy atom. The number of aryl methyl sites for hydroxylation is 1. The van der Waals surface area contributed by atoms with E-state index in [4.69, 9.17) is 16.3 Å². The standard InChI is InChI=1S/C14H14ClN3O/c1-18-14(16-11-17-18)10-19-13-8-3-2-6-12(13)7-4-5-9-15/h2-3,6,8,11H,5,9-10H2,1H3. The van der Waals surface area contributed by atoms with E-state index in [1.807, 2.05) is 31.3 Å². The second kappa shape index (κ2) is 6.81. The van der Waals surface area contributed by atoms with Gasteiger partial charge in [0.05, 0.1) is 5.56 Å². The van der Waals surface area contributed by atoms with E-state index in [-0.39, 0.29) is 0 Å². The van der Waals surface area contributed by atoms with Gasteiger partial charge in [-0.3, -0.25) is 4.68 Å². The molecule has 2 aromatic rings. The molecule has 0 fully saturated rings. The minimum Gasteiger partial charge on any atom is -0.484 e. The Morgan fingerprint density at radius 1 is 1.37 bits per heavy atom. The number of para-hydroxylation sites is 1. The van der Waals surface area contributed by atoms with Crippen molar-refractivity contribution < 1.29 is 4.74 Å². The summed E-state index contributed by atoms with van der Waals surface area (Å²) >= 11 is 5.60. The molecule has 0 saturated carbocycles. The van der Waals surface area contributed by atoms with Gasteiger partial charge in [0, 0.05) is 19.3 Å². The second-order valence-corrected chi connectivity index (χ2v) is 4.20. The number of rotatable bonds is 4. The van der Waals surface area contributed by atoms with Gasteiger partial charge in [-0.05, 0) is 12.1 Å². The number of hydrogen-bond donors (Lipinski definition) is 0. The monoisotopic (exact) mass is 275 g/mol. The first-order valence-electron chi connectivity index (χ1n) is 5.91. The highest BCUT2D eigenvalue weighted by Crippen LogP contribution is 2.17. The summed E-state index contributed by atoms with van der Waals surface area (Å²) in [4.78, 5) is 4.11.